The molecule has 0 aromatic carbocycles. The molecule has 0 radical (unpaired) electrons. The van der Waals surface area contributed by atoms with Gasteiger partial charge in [0.1, 0.15) is 0 Å². The lowest BCUT2D eigenvalue weighted by Gasteiger charge is -2.14. The second kappa shape index (κ2) is 12.6. The Bertz CT molecular complexity index is 369. The largest absolute Gasteiger partial charge is 0.403 e. The lowest BCUT2D eigenvalue weighted by molar-refractivity contribution is 0.517. The van der Waals surface area contributed by atoms with E-state index in [1.807, 2.05) is 13.8 Å². The summed E-state index contributed by atoms with van der Waals surface area (Å²) in [5.74, 6) is 1.61. The van der Waals surface area contributed by atoms with Crippen LogP contribution in [0.1, 0.15) is 87.5 Å². The summed E-state index contributed by atoms with van der Waals surface area (Å²) in [6, 6.07) is 0. The van der Waals surface area contributed by atoms with Gasteiger partial charge < -0.3 is 5.73 Å². The van der Waals surface area contributed by atoms with Crippen LogP contribution in [-0.4, -0.2) is 0 Å². The van der Waals surface area contributed by atoms with Gasteiger partial charge in [-0.05, 0) is 74.6 Å². The molecular formula is C21H41N. The van der Waals surface area contributed by atoms with Crippen molar-refractivity contribution in [3.63, 3.8) is 0 Å². The van der Waals surface area contributed by atoms with Crippen molar-refractivity contribution in [2.45, 2.75) is 87.5 Å². The monoisotopic (exact) mass is 307 g/mol. The van der Waals surface area contributed by atoms with Crippen LogP contribution in [0.3, 0.4) is 0 Å². The van der Waals surface area contributed by atoms with Crippen LogP contribution in [0.2, 0.25) is 0 Å². The van der Waals surface area contributed by atoms with Gasteiger partial charge in [0.05, 0.1) is 0 Å². The Labute approximate surface area is 140 Å². The number of hydrogen-bond donors (Lipinski definition) is 1. The number of rotatable bonds is 0. The summed E-state index contributed by atoms with van der Waals surface area (Å²) >= 11 is 0. The summed E-state index contributed by atoms with van der Waals surface area (Å²) in [5, 5.41) is 0. The molecule has 0 aromatic heterocycles. The van der Waals surface area contributed by atoms with Crippen LogP contribution >= 0.6 is 0 Å². The second-order valence-corrected chi connectivity index (χ2v) is 6.36. The van der Waals surface area contributed by atoms with Crippen LogP contribution in [0.15, 0.2) is 35.1 Å². The lowest BCUT2D eigenvalue weighted by atomic mass is 9.91. The third-order valence-electron chi connectivity index (χ3n) is 4.26. The van der Waals surface area contributed by atoms with Gasteiger partial charge in [0.2, 0.25) is 0 Å². The highest BCUT2D eigenvalue weighted by atomic mass is 14.5. The molecule has 0 aromatic rings. The fourth-order valence-corrected chi connectivity index (χ4v) is 3.09. The first-order chi connectivity index (χ1) is 9.91. The van der Waals surface area contributed by atoms with E-state index in [2.05, 4.69) is 33.4 Å². The maximum absolute atomic E-state index is 4.92. The van der Waals surface area contributed by atoms with Crippen LogP contribution in [0.25, 0.3) is 0 Å². The molecule has 0 bridgehead atoms. The zero-order chi connectivity index (χ0) is 16.4. The van der Waals surface area contributed by atoms with Crippen molar-refractivity contribution in [2.24, 2.45) is 17.6 Å². The van der Waals surface area contributed by atoms with E-state index in [0.29, 0.717) is 5.70 Å². The van der Waals surface area contributed by atoms with Crippen molar-refractivity contribution in [1.82, 2.24) is 0 Å². The Morgan fingerprint density at radius 1 is 1.14 bits per heavy atom. The molecule has 0 heterocycles. The zero-order valence-electron chi connectivity index (χ0n) is 15.3. The molecule has 2 rings (SSSR count). The molecule has 2 unspecified atom stereocenters. The molecule has 130 valence electrons. The molecule has 2 aliphatic carbocycles. The molecule has 2 N–H and O–H groups in total. The molecule has 0 saturated heterocycles. The number of hydrogen-bond acceptors (Lipinski definition) is 1. The topological polar surface area (TPSA) is 26.0 Å². The summed E-state index contributed by atoms with van der Waals surface area (Å²) in [6.07, 6.45) is 10.8. The Balaban J connectivity index is 0. The zero-order valence-corrected chi connectivity index (χ0v) is 15.3. The highest BCUT2D eigenvalue weighted by Crippen LogP contribution is 2.38. The van der Waals surface area contributed by atoms with E-state index in [-0.39, 0.29) is 7.43 Å². The minimum Gasteiger partial charge on any atom is -0.403 e. The van der Waals surface area contributed by atoms with Crippen molar-refractivity contribution in [1.29, 1.82) is 0 Å². The molecule has 1 nitrogen and oxygen atoms in total. The first-order valence-electron chi connectivity index (χ1n) is 8.73. The van der Waals surface area contributed by atoms with Gasteiger partial charge in [0.15, 0.2) is 0 Å². The third kappa shape index (κ3) is 8.46. The Kier molecular flexibility index (Phi) is 13.3. The van der Waals surface area contributed by atoms with Crippen molar-refractivity contribution in [2.75, 3.05) is 0 Å². The fraction of sp³-hybridized carbons (Fsp3) is 0.714. The van der Waals surface area contributed by atoms with Gasteiger partial charge in [-0.2, -0.15) is 0 Å². The van der Waals surface area contributed by atoms with Gasteiger partial charge in [-0.1, -0.05) is 59.8 Å². The first-order valence-corrected chi connectivity index (χ1v) is 8.73. The van der Waals surface area contributed by atoms with Gasteiger partial charge in [-0.15, -0.1) is 0 Å². The predicted octanol–water partition coefficient (Wildman–Crippen LogP) is 7.01. The second-order valence-electron chi connectivity index (χ2n) is 6.36. The van der Waals surface area contributed by atoms with E-state index in [9.17, 15) is 0 Å². The molecular weight excluding hydrogens is 266 g/mol. The Hall–Kier alpha value is -0.980. The van der Waals surface area contributed by atoms with Gasteiger partial charge in [-0.3, -0.25) is 0 Å². The van der Waals surface area contributed by atoms with E-state index in [1.54, 1.807) is 23.6 Å². The molecule has 1 fully saturated rings. The smallest absolute Gasteiger partial charge is 0.00242 e. The Morgan fingerprint density at radius 3 is 2.23 bits per heavy atom. The molecule has 1 heteroatoms. The minimum atomic E-state index is 0. The summed E-state index contributed by atoms with van der Waals surface area (Å²) in [7, 11) is 0. The van der Waals surface area contributed by atoms with Gasteiger partial charge in [0.25, 0.3) is 0 Å². The van der Waals surface area contributed by atoms with Crippen molar-refractivity contribution < 1.29 is 0 Å². The molecule has 1 saturated carbocycles. The molecule has 2 atom stereocenters. The minimum absolute atomic E-state index is 0. The summed E-state index contributed by atoms with van der Waals surface area (Å²) in [6.45, 7) is 16.2. The molecule has 2 aliphatic rings. The van der Waals surface area contributed by atoms with E-state index in [0.717, 1.165) is 11.8 Å². The number of allylic oxidation sites excluding steroid dienone is 5. The average Bonchev–Trinajstić information content (AvgIpc) is 2.87. The van der Waals surface area contributed by atoms with E-state index < -0.39 is 0 Å². The van der Waals surface area contributed by atoms with Gasteiger partial charge >= 0.3 is 0 Å². The lowest BCUT2D eigenvalue weighted by Crippen LogP contribution is -1.99. The standard InChI is InChI=1S/C15H24.C3H7N.C2H6.CH4/c1-11-6-4-7-12(2)13(3)15-9-5-8-14(15)10-11;1-3(2)4;1-2;/h10-12H,4-9H2,1-3H3;1,4H2,2H3;1-2H3;1H4/b14-10-,15-13-;;;. The SMILES string of the molecule is C.C/C1=C2\CCC\C2=C\C(C)CCCC1C.C=C(C)N.CC. The van der Waals surface area contributed by atoms with Crippen LogP contribution < -0.4 is 5.73 Å². The van der Waals surface area contributed by atoms with Crippen LogP contribution in [0.5, 0.6) is 0 Å². The molecule has 22 heavy (non-hydrogen) atoms. The van der Waals surface area contributed by atoms with Crippen molar-refractivity contribution in [3.8, 4) is 0 Å². The van der Waals surface area contributed by atoms with Crippen LogP contribution in [0.4, 0.5) is 0 Å². The van der Waals surface area contributed by atoms with Crippen molar-refractivity contribution in [3.05, 3.63) is 35.1 Å². The van der Waals surface area contributed by atoms with Gasteiger partial charge in [-0.25, -0.2) is 0 Å². The highest BCUT2D eigenvalue weighted by molar-refractivity contribution is 5.39. The molecule has 0 amide bonds. The molecule has 0 aliphatic heterocycles. The van der Waals surface area contributed by atoms with E-state index in [1.165, 1.54) is 38.5 Å². The number of fused-ring (bicyclic) bond motifs is 1. The third-order valence-corrected chi connectivity index (χ3v) is 4.26. The van der Waals surface area contributed by atoms with Crippen LogP contribution in [-0.2, 0) is 0 Å². The molecule has 0 spiro atoms. The predicted molar refractivity (Wildman–Crippen MR) is 104 cm³/mol. The first kappa shape index (κ1) is 23.3. The maximum Gasteiger partial charge on any atom is -0.00242 e. The maximum atomic E-state index is 4.92. The highest BCUT2D eigenvalue weighted by Gasteiger charge is 2.20. The van der Waals surface area contributed by atoms with Crippen molar-refractivity contribution >= 4 is 0 Å². The normalized spacial score (nSPS) is 29.5. The fourth-order valence-electron chi connectivity index (χ4n) is 3.09. The number of nitrogens with two attached hydrogens (primary N) is 1. The Morgan fingerprint density at radius 2 is 1.68 bits per heavy atom. The quantitative estimate of drug-likeness (QED) is 0.511. The van der Waals surface area contributed by atoms with Gasteiger partial charge in [0, 0.05) is 0 Å². The van der Waals surface area contributed by atoms with E-state index in [4.69, 9.17) is 5.73 Å². The van der Waals surface area contributed by atoms with E-state index >= 15 is 0 Å². The van der Waals surface area contributed by atoms with Crippen LogP contribution in [0, 0.1) is 11.8 Å². The summed E-state index contributed by atoms with van der Waals surface area (Å²) in [4.78, 5) is 0. The summed E-state index contributed by atoms with van der Waals surface area (Å²) in [5.41, 5.74) is 10.7. The summed E-state index contributed by atoms with van der Waals surface area (Å²) < 4.78 is 0. The average molecular weight is 308 g/mol.